The minimum absolute atomic E-state index is 0.0149. The molecule has 11 nitrogen and oxygen atoms in total. The Morgan fingerprint density at radius 3 is 2.29 bits per heavy atom. The number of unbranched alkanes of at least 4 members (excludes halogenated alkanes) is 11. The minimum Gasteiger partial charge on any atom is -0.487 e. The quantitative estimate of drug-likeness (QED) is 0.0287. The number of amides is 1. The molecule has 1 fully saturated rings. The van der Waals surface area contributed by atoms with Crippen molar-refractivity contribution in [3.8, 4) is 11.5 Å². The molecule has 394 valence electrons. The normalized spacial score (nSPS) is 21.4. The highest BCUT2D eigenvalue weighted by Gasteiger charge is 2.65. The predicted molar refractivity (Wildman–Crippen MR) is 285 cm³/mol. The summed E-state index contributed by atoms with van der Waals surface area (Å²) in [5.74, 6) is -1.35. The number of fused-ring (bicyclic) bond motifs is 2. The molecule has 3 aromatic carbocycles. The van der Waals surface area contributed by atoms with Gasteiger partial charge in [-0.3, -0.25) is 9.88 Å². The number of aromatic nitrogens is 1. The van der Waals surface area contributed by atoms with Gasteiger partial charge >= 0.3 is 6.09 Å². The standard InChI is InChI=1S/C61H80FN3O8/c1-4-6-7-8-9-10-11-12-13-21-38-69-60(68)65(42-46-29-31-49(62)32-30-46)57-41-55(64-72-43-47-24-15-14-16-25-47)53-39-48(26-17-19-35-66)52(28-18-20-36-67)58-54-40-51(70-44-50-27-22-23-45(3)63-50)33-34-56(54)73-61(57,59(53)58)71-37-5-2/h5,14-16,22-25,27,29-34,39-40,48,52,57-59,66-67H,2,4,6-13,17-21,26,28,35-38,41-44H2,1,3H3. The van der Waals surface area contributed by atoms with Gasteiger partial charge in [0.25, 0.3) is 0 Å². The van der Waals surface area contributed by atoms with E-state index in [1.807, 2.05) is 67.6 Å². The average molecular weight is 1000 g/mol. The van der Waals surface area contributed by atoms with Crippen molar-refractivity contribution in [2.24, 2.45) is 22.9 Å². The van der Waals surface area contributed by atoms with Crippen molar-refractivity contribution in [2.75, 3.05) is 26.4 Å². The lowest BCUT2D eigenvalue weighted by molar-refractivity contribution is -0.256. The summed E-state index contributed by atoms with van der Waals surface area (Å²) in [6.45, 7) is 9.39. The number of benzene rings is 3. The molecular weight excluding hydrogens is 922 g/mol. The molecule has 6 atom stereocenters. The van der Waals surface area contributed by atoms with Gasteiger partial charge < -0.3 is 34.0 Å². The van der Waals surface area contributed by atoms with Gasteiger partial charge in [-0.15, -0.1) is 6.58 Å². The van der Waals surface area contributed by atoms with E-state index in [4.69, 9.17) is 28.9 Å². The summed E-state index contributed by atoms with van der Waals surface area (Å²) in [5.41, 5.74) is 5.93. The van der Waals surface area contributed by atoms with E-state index in [-0.39, 0.29) is 76.2 Å². The maximum atomic E-state index is 15.1. The summed E-state index contributed by atoms with van der Waals surface area (Å²) in [6, 6.07) is 27.1. The van der Waals surface area contributed by atoms with Gasteiger partial charge in [-0.25, -0.2) is 9.18 Å². The number of carbonyl (C=O) groups excluding carboxylic acids is 1. The molecule has 0 saturated heterocycles. The number of hydrogen-bond donors (Lipinski definition) is 2. The van der Waals surface area contributed by atoms with Gasteiger partial charge in [0, 0.05) is 43.4 Å². The van der Waals surface area contributed by atoms with Crippen molar-refractivity contribution in [2.45, 2.75) is 161 Å². The number of nitrogens with zero attached hydrogens (tertiary/aromatic N) is 3. The lowest BCUT2D eigenvalue weighted by Crippen LogP contribution is -2.70. The zero-order valence-electron chi connectivity index (χ0n) is 43.4. The third-order valence-electron chi connectivity index (χ3n) is 14.8. The van der Waals surface area contributed by atoms with E-state index in [1.165, 1.54) is 50.7 Å². The van der Waals surface area contributed by atoms with Crippen molar-refractivity contribution in [3.05, 3.63) is 149 Å². The van der Waals surface area contributed by atoms with Crippen LogP contribution in [0.1, 0.15) is 150 Å². The fraction of sp³-hybridized carbons (Fsp3) is 0.525. The predicted octanol–water partition coefficient (Wildman–Crippen LogP) is 13.5. The van der Waals surface area contributed by atoms with E-state index in [0.29, 0.717) is 35.6 Å². The van der Waals surface area contributed by atoms with E-state index in [1.54, 1.807) is 23.1 Å². The Bertz CT molecular complexity index is 2380. The van der Waals surface area contributed by atoms with E-state index >= 15 is 4.79 Å². The van der Waals surface area contributed by atoms with Crippen LogP contribution in [0.4, 0.5) is 9.18 Å². The Morgan fingerprint density at radius 1 is 0.849 bits per heavy atom. The Hall–Kier alpha value is -5.56. The van der Waals surface area contributed by atoms with Gasteiger partial charge in [0.05, 0.1) is 30.5 Å². The summed E-state index contributed by atoms with van der Waals surface area (Å²) in [7, 11) is 0. The first-order chi connectivity index (χ1) is 35.8. The van der Waals surface area contributed by atoms with Crippen LogP contribution < -0.4 is 9.47 Å². The average Bonchev–Trinajstić information content (AvgIpc) is 3.40. The Kier molecular flexibility index (Phi) is 21.8. The minimum atomic E-state index is -1.51. The molecule has 1 aliphatic heterocycles. The molecule has 73 heavy (non-hydrogen) atoms. The zero-order valence-corrected chi connectivity index (χ0v) is 43.4. The molecule has 12 heteroatoms. The van der Waals surface area contributed by atoms with Crippen LogP contribution in [0.25, 0.3) is 0 Å². The second-order valence-electron chi connectivity index (χ2n) is 20.1. The number of hydrogen-bond acceptors (Lipinski definition) is 10. The van der Waals surface area contributed by atoms with Crippen LogP contribution in [0.5, 0.6) is 11.5 Å². The van der Waals surface area contributed by atoms with Crippen molar-refractivity contribution in [1.29, 1.82) is 0 Å². The molecule has 4 aromatic rings. The molecule has 7 rings (SSSR count). The second-order valence-corrected chi connectivity index (χ2v) is 20.1. The number of carbonyl (C=O) groups is 1. The third kappa shape index (κ3) is 15.0. The Morgan fingerprint density at radius 2 is 1.58 bits per heavy atom. The highest BCUT2D eigenvalue weighted by molar-refractivity contribution is 6.03. The van der Waals surface area contributed by atoms with E-state index in [0.717, 1.165) is 79.5 Å². The van der Waals surface area contributed by atoms with Crippen molar-refractivity contribution >= 4 is 11.8 Å². The molecule has 0 radical (unpaired) electrons. The van der Waals surface area contributed by atoms with Crippen LogP contribution in [0.15, 0.2) is 120 Å². The number of aliphatic hydroxyl groups is 2. The Balaban J connectivity index is 1.33. The monoisotopic (exact) mass is 1000 g/mol. The number of aryl methyl sites for hydroxylation is 1. The highest BCUT2D eigenvalue weighted by Crippen LogP contribution is 2.62. The van der Waals surface area contributed by atoms with Crippen LogP contribution in [0.3, 0.4) is 0 Å². The lowest BCUT2D eigenvalue weighted by Gasteiger charge is -2.59. The first kappa shape index (κ1) is 55.2. The summed E-state index contributed by atoms with van der Waals surface area (Å²) >= 11 is 0. The lowest BCUT2D eigenvalue weighted by atomic mass is 9.55. The zero-order chi connectivity index (χ0) is 51.3. The molecule has 3 aliphatic rings. The van der Waals surface area contributed by atoms with Gasteiger partial charge in [-0.2, -0.15) is 0 Å². The van der Waals surface area contributed by atoms with E-state index < -0.39 is 23.8 Å². The van der Waals surface area contributed by atoms with Crippen LogP contribution >= 0.6 is 0 Å². The third-order valence-corrected chi connectivity index (χ3v) is 14.8. The molecule has 2 heterocycles. The van der Waals surface area contributed by atoms with Crippen molar-refractivity contribution in [3.63, 3.8) is 0 Å². The molecule has 6 unspecified atom stereocenters. The van der Waals surface area contributed by atoms with Crippen LogP contribution in [0.2, 0.25) is 0 Å². The molecule has 2 aliphatic carbocycles. The van der Waals surface area contributed by atoms with Gasteiger partial charge in [-0.05, 0) is 110 Å². The molecular formula is C61H80FN3O8. The number of halogens is 1. The van der Waals surface area contributed by atoms with Crippen molar-refractivity contribution in [1.82, 2.24) is 9.88 Å². The molecule has 0 spiro atoms. The largest absolute Gasteiger partial charge is 0.487 e. The highest BCUT2D eigenvalue weighted by atomic mass is 19.1. The summed E-state index contributed by atoms with van der Waals surface area (Å²) in [6.07, 6.45) is 19.7. The number of oxime groups is 1. The number of pyridine rings is 1. The summed E-state index contributed by atoms with van der Waals surface area (Å²) in [4.78, 5) is 27.8. The molecule has 0 bridgehead atoms. The maximum absolute atomic E-state index is 15.1. The van der Waals surface area contributed by atoms with Gasteiger partial charge in [0.1, 0.15) is 36.6 Å². The molecule has 1 amide bonds. The SMILES string of the molecule is C=CCOC12Oc3ccc(OCc4cccc(C)n4)cc3C3C(CCCCO)C(CCCCO)C=C(C(=NOCc4ccccc4)CC1N(Cc1ccc(F)cc1)C(=O)OCCCCCCCCCCCC)C32. The number of aliphatic hydroxyl groups excluding tert-OH is 2. The fourth-order valence-corrected chi connectivity index (χ4v) is 11.3. The van der Waals surface area contributed by atoms with Crippen LogP contribution in [-0.2, 0) is 34.1 Å². The summed E-state index contributed by atoms with van der Waals surface area (Å²) in [5, 5.41) is 25.1. The van der Waals surface area contributed by atoms with E-state index in [2.05, 4.69) is 30.6 Å². The summed E-state index contributed by atoms with van der Waals surface area (Å²) < 4.78 is 42.0. The van der Waals surface area contributed by atoms with Crippen LogP contribution in [-0.4, -0.2) is 70.2 Å². The second kappa shape index (κ2) is 28.8. The smallest absolute Gasteiger partial charge is 0.410 e. The van der Waals surface area contributed by atoms with Crippen LogP contribution in [0, 0.1) is 30.5 Å². The number of rotatable bonds is 31. The molecule has 1 aromatic heterocycles. The van der Waals surface area contributed by atoms with Crippen molar-refractivity contribution < 1.29 is 43.2 Å². The van der Waals surface area contributed by atoms with Gasteiger partial charge in [-0.1, -0.05) is 143 Å². The topological polar surface area (TPSA) is 132 Å². The number of allylic oxidation sites excluding steroid dienone is 1. The number of ether oxygens (including phenoxy) is 4. The van der Waals surface area contributed by atoms with Gasteiger partial charge in [0.2, 0.25) is 5.79 Å². The fourth-order valence-electron chi connectivity index (χ4n) is 11.3. The molecule has 2 N–H and O–H groups in total. The first-order valence-corrected chi connectivity index (χ1v) is 27.3. The Labute approximate surface area is 433 Å². The first-order valence-electron chi connectivity index (χ1n) is 27.3. The van der Waals surface area contributed by atoms with Gasteiger partial charge in [0.15, 0.2) is 0 Å². The van der Waals surface area contributed by atoms with E-state index in [9.17, 15) is 14.6 Å². The molecule has 1 saturated carbocycles. The maximum Gasteiger partial charge on any atom is 0.410 e.